The number of amides is 7. The number of unbranched alkanes of at least 4 members (excludes halogenated alkanes) is 14. The SMILES string of the molecule is C=C(O)CCCCCCCCCCCCCCCCC(=O)N[C@@H](CCC(=O)NCCOCCOCC(=O)NCCOCCOCC(=O)N[C@@H](CCC(=O)N[C@@H](CCC(=O)NCCCC[C@H](NN)C(N)=O)C(=O)O)C(=O)O)C(=O)O. The van der Waals surface area contributed by atoms with E-state index in [-0.39, 0.29) is 122 Å². The van der Waals surface area contributed by atoms with Crippen molar-refractivity contribution in [2.45, 2.75) is 185 Å². The smallest absolute Gasteiger partial charge is 0.326 e. The lowest BCUT2D eigenvalue weighted by molar-refractivity contribution is -0.144. The highest BCUT2D eigenvalue weighted by molar-refractivity contribution is 5.87. The zero-order valence-corrected chi connectivity index (χ0v) is 46.1. The molecule has 0 aromatic rings. The minimum Gasteiger partial charge on any atom is -0.513 e. The molecule has 0 aromatic carbocycles. The number of ether oxygens (including phenoxy) is 4. The number of carboxylic acids is 3. The van der Waals surface area contributed by atoms with Gasteiger partial charge in [-0.25, -0.2) is 19.8 Å². The summed E-state index contributed by atoms with van der Waals surface area (Å²) in [6.07, 6.45) is 16.5. The van der Waals surface area contributed by atoms with Crippen LogP contribution in [0.2, 0.25) is 0 Å². The Bertz CT molecular complexity index is 1800. The molecule has 0 rings (SSSR count). The molecule has 0 aromatic heterocycles. The third-order valence-electron chi connectivity index (χ3n) is 12.1. The maximum atomic E-state index is 12.4. The summed E-state index contributed by atoms with van der Waals surface area (Å²) >= 11 is 0. The lowest BCUT2D eigenvalue weighted by Gasteiger charge is -2.17. The Morgan fingerprint density at radius 1 is 0.367 bits per heavy atom. The van der Waals surface area contributed by atoms with Crippen LogP contribution in [0.25, 0.3) is 0 Å². The number of carbonyl (C=O) groups excluding carboxylic acids is 7. The molecule has 79 heavy (non-hydrogen) atoms. The average molecular weight is 1130 g/mol. The van der Waals surface area contributed by atoms with Crippen molar-refractivity contribution in [2.75, 3.05) is 72.5 Å². The van der Waals surface area contributed by atoms with Gasteiger partial charge in [0.2, 0.25) is 41.4 Å². The molecule has 454 valence electrons. The number of carboxylic acid groups (broad SMARTS) is 3. The number of nitrogens with one attached hydrogen (secondary N) is 7. The van der Waals surface area contributed by atoms with Crippen molar-refractivity contribution in [1.29, 1.82) is 0 Å². The zero-order chi connectivity index (χ0) is 58.9. The Labute approximate surface area is 463 Å². The Kier molecular flexibility index (Phi) is 45.3. The predicted molar refractivity (Wildman–Crippen MR) is 289 cm³/mol. The Morgan fingerprint density at radius 2 is 0.722 bits per heavy atom. The third kappa shape index (κ3) is 45.6. The van der Waals surface area contributed by atoms with Crippen LogP contribution in [-0.4, -0.2) is 176 Å². The fourth-order valence-electron chi connectivity index (χ4n) is 7.63. The number of hydrogen-bond donors (Lipinski definition) is 13. The lowest BCUT2D eigenvalue weighted by atomic mass is 10.0. The number of aliphatic carboxylic acids is 3. The van der Waals surface area contributed by atoms with Crippen molar-refractivity contribution in [3.05, 3.63) is 12.3 Å². The number of aliphatic hydroxyl groups excluding tert-OH is 1. The number of nitrogens with two attached hydrogens (primary N) is 2. The summed E-state index contributed by atoms with van der Waals surface area (Å²) < 4.78 is 21.2. The van der Waals surface area contributed by atoms with E-state index in [0.29, 0.717) is 32.1 Å². The first-order valence-electron chi connectivity index (χ1n) is 27.7. The van der Waals surface area contributed by atoms with Crippen molar-refractivity contribution in [3.8, 4) is 0 Å². The van der Waals surface area contributed by atoms with Gasteiger partial charge in [0.25, 0.3) is 0 Å². The largest absolute Gasteiger partial charge is 0.513 e. The molecule has 0 radical (unpaired) electrons. The standard InChI is InChI=1S/C52H93N9O18/c1-38(62)18-14-12-10-8-6-4-2-3-5-7-9-11-13-15-20-45(65)58-40(50(70)71)22-25-44(64)56-28-30-76-32-34-78-36-47(67)57-29-31-77-33-35-79-37-48(68)60-42(52(74)75)23-26-46(66)59-41(51(72)73)21-24-43(63)55-27-17-16-19-39(61-54)49(53)69/h39-42,61-62H,1-37,54H2,(H2,53,69)(H,55,63)(H,56,64)(H,57,67)(H,58,65)(H,59,66)(H,60,68)(H,70,71)(H,72,73)(H,74,75)/t39-,40-,41-,42-/m0/s1. The van der Waals surface area contributed by atoms with Crippen LogP contribution in [0.15, 0.2) is 12.3 Å². The molecule has 4 atom stereocenters. The summed E-state index contributed by atoms with van der Waals surface area (Å²) in [5.74, 6) is -2.35. The van der Waals surface area contributed by atoms with Gasteiger partial charge in [-0.15, -0.1) is 0 Å². The molecule has 0 heterocycles. The molecule has 27 heteroatoms. The van der Waals surface area contributed by atoms with Gasteiger partial charge in [-0.3, -0.25) is 39.4 Å². The fraction of sp³-hybridized carbons (Fsp3) is 0.769. The van der Waals surface area contributed by atoms with Crippen molar-refractivity contribution in [2.24, 2.45) is 11.6 Å². The van der Waals surface area contributed by atoms with E-state index >= 15 is 0 Å². The van der Waals surface area contributed by atoms with Gasteiger partial charge in [-0.05, 0) is 51.4 Å². The molecule has 0 aliphatic heterocycles. The molecule has 0 aliphatic carbocycles. The van der Waals surface area contributed by atoms with Crippen LogP contribution in [-0.2, 0) is 66.9 Å². The van der Waals surface area contributed by atoms with Gasteiger partial charge in [0.1, 0.15) is 31.3 Å². The van der Waals surface area contributed by atoms with Gasteiger partial charge in [-0.1, -0.05) is 83.6 Å². The molecular formula is C52H93N9O18. The van der Waals surface area contributed by atoms with Crippen LogP contribution in [0.4, 0.5) is 0 Å². The van der Waals surface area contributed by atoms with E-state index in [0.717, 1.165) is 32.1 Å². The van der Waals surface area contributed by atoms with Crippen LogP contribution in [0, 0.1) is 0 Å². The molecular weight excluding hydrogens is 1040 g/mol. The van der Waals surface area contributed by atoms with Gasteiger partial charge >= 0.3 is 17.9 Å². The molecule has 0 aliphatic rings. The van der Waals surface area contributed by atoms with Gasteiger partial charge < -0.3 is 77.0 Å². The predicted octanol–water partition coefficient (Wildman–Crippen LogP) is 1.25. The van der Waals surface area contributed by atoms with Crippen molar-refractivity contribution in [3.63, 3.8) is 0 Å². The normalized spacial score (nSPS) is 12.5. The van der Waals surface area contributed by atoms with Crippen molar-refractivity contribution >= 4 is 59.3 Å². The Balaban J connectivity index is 3.97. The highest BCUT2D eigenvalue weighted by atomic mass is 16.5. The number of hydrogen-bond acceptors (Lipinski definition) is 17. The summed E-state index contributed by atoms with van der Waals surface area (Å²) in [5, 5.41) is 52.5. The molecule has 0 saturated heterocycles. The van der Waals surface area contributed by atoms with E-state index in [9.17, 15) is 63.3 Å². The van der Waals surface area contributed by atoms with E-state index in [1.54, 1.807) is 0 Å². The summed E-state index contributed by atoms with van der Waals surface area (Å²) in [7, 11) is 0. The lowest BCUT2D eigenvalue weighted by Crippen LogP contribution is -2.45. The molecule has 7 amide bonds. The summed E-state index contributed by atoms with van der Waals surface area (Å²) in [6, 6.07) is -4.80. The van der Waals surface area contributed by atoms with E-state index < -0.39 is 84.6 Å². The quantitative estimate of drug-likeness (QED) is 0.0176. The summed E-state index contributed by atoms with van der Waals surface area (Å²) in [6.45, 7) is 3.75. The topological polar surface area (TPSA) is 425 Å². The number of carbonyl (C=O) groups is 10. The summed E-state index contributed by atoms with van der Waals surface area (Å²) in [4.78, 5) is 120. The van der Waals surface area contributed by atoms with Crippen LogP contribution < -0.4 is 48.9 Å². The molecule has 27 nitrogen and oxygen atoms in total. The zero-order valence-electron chi connectivity index (χ0n) is 46.1. The first-order chi connectivity index (χ1) is 37.9. The maximum absolute atomic E-state index is 12.4. The van der Waals surface area contributed by atoms with Crippen LogP contribution in [0.3, 0.4) is 0 Å². The van der Waals surface area contributed by atoms with Crippen LogP contribution in [0.1, 0.15) is 161 Å². The average Bonchev–Trinajstić information content (AvgIpc) is 3.39. The highest BCUT2D eigenvalue weighted by Crippen LogP contribution is 2.15. The minimum atomic E-state index is -1.49. The minimum absolute atomic E-state index is 0.0368. The van der Waals surface area contributed by atoms with Crippen molar-refractivity contribution in [1.82, 2.24) is 37.3 Å². The van der Waals surface area contributed by atoms with E-state index in [4.69, 9.17) is 35.6 Å². The molecule has 0 fully saturated rings. The second-order valence-electron chi connectivity index (χ2n) is 19.0. The van der Waals surface area contributed by atoms with Crippen molar-refractivity contribution < 1.29 is 87.3 Å². The number of rotatable bonds is 55. The second kappa shape index (κ2) is 49.1. The third-order valence-corrected chi connectivity index (χ3v) is 12.1. The van der Waals surface area contributed by atoms with Gasteiger partial charge in [0.15, 0.2) is 0 Å². The van der Waals surface area contributed by atoms with Crippen LogP contribution in [0.5, 0.6) is 0 Å². The number of aliphatic hydroxyl groups is 1. The Morgan fingerprint density at radius 3 is 1.14 bits per heavy atom. The first-order valence-corrected chi connectivity index (χ1v) is 27.7. The van der Waals surface area contributed by atoms with Gasteiger partial charge in [0, 0.05) is 51.7 Å². The van der Waals surface area contributed by atoms with E-state index in [1.165, 1.54) is 51.4 Å². The monoisotopic (exact) mass is 1130 g/mol. The van der Waals surface area contributed by atoms with Gasteiger partial charge in [0.05, 0.1) is 51.4 Å². The van der Waals surface area contributed by atoms with Gasteiger partial charge in [-0.2, -0.15) is 0 Å². The first kappa shape index (κ1) is 73.0. The fourth-order valence-corrected chi connectivity index (χ4v) is 7.63. The van der Waals surface area contributed by atoms with Crippen LogP contribution >= 0.6 is 0 Å². The Hall–Kier alpha value is -6.00. The molecule has 0 saturated carbocycles. The molecule has 0 spiro atoms. The molecule has 0 unspecified atom stereocenters. The second-order valence-corrected chi connectivity index (χ2v) is 19.0. The number of hydrazine groups is 1. The maximum Gasteiger partial charge on any atom is 0.326 e. The molecule has 15 N–H and O–H groups in total. The molecule has 0 bridgehead atoms. The van der Waals surface area contributed by atoms with E-state index in [2.05, 4.69) is 43.9 Å². The van der Waals surface area contributed by atoms with E-state index in [1.807, 2.05) is 0 Å². The number of primary amides is 1. The highest BCUT2D eigenvalue weighted by Gasteiger charge is 2.25. The number of allylic oxidation sites excluding steroid dienone is 1. The summed E-state index contributed by atoms with van der Waals surface area (Å²) in [5.41, 5.74) is 7.48.